The Balaban J connectivity index is 1.68. The summed E-state index contributed by atoms with van der Waals surface area (Å²) in [6, 6.07) is 10.5. The monoisotopic (exact) mass is 359 g/mol. The standard InChI is InChI=1S/C17H11Cl2N3O2/c1-8-20-13-7-10(3-5-14(13)24-8)21-17(23)16-15(19)11-6-9(18)2-4-12(11)22-16/h2-7,22H,1H3,(H,21,23). The number of rotatable bonds is 2. The summed E-state index contributed by atoms with van der Waals surface area (Å²) in [7, 11) is 0. The zero-order chi connectivity index (χ0) is 16.8. The van der Waals surface area contributed by atoms with Gasteiger partial charge < -0.3 is 14.7 Å². The Labute approximate surface area is 146 Å². The quantitative estimate of drug-likeness (QED) is 0.518. The first kappa shape index (κ1) is 15.1. The van der Waals surface area contributed by atoms with Crippen LogP contribution in [0.15, 0.2) is 40.8 Å². The molecule has 0 aliphatic rings. The highest BCUT2D eigenvalue weighted by molar-refractivity contribution is 6.40. The molecular weight excluding hydrogens is 349 g/mol. The van der Waals surface area contributed by atoms with Crippen LogP contribution in [0.2, 0.25) is 10.0 Å². The molecule has 0 aliphatic heterocycles. The van der Waals surface area contributed by atoms with Gasteiger partial charge in [0.05, 0.1) is 5.02 Å². The first-order chi connectivity index (χ1) is 11.5. The maximum Gasteiger partial charge on any atom is 0.273 e. The smallest absolute Gasteiger partial charge is 0.273 e. The molecule has 0 saturated heterocycles. The van der Waals surface area contributed by atoms with Crippen molar-refractivity contribution in [2.24, 2.45) is 0 Å². The van der Waals surface area contributed by atoms with Crippen LogP contribution in [0, 0.1) is 6.92 Å². The number of aromatic nitrogens is 2. The molecule has 0 fully saturated rings. The lowest BCUT2D eigenvalue weighted by molar-refractivity contribution is 0.102. The minimum Gasteiger partial charge on any atom is -0.441 e. The van der Waals surface area contributed by atoms with E-state index in [-0.39, 0.29) is 11.6 Å². The van der Waals surface area contributed by atoms with Crippen molar-refractivity contribution in [3.63, 3.8) is 0 Å². The van der Waals surface area contributed by atoms with E-state index in [0.717, 1.165) is 5.52 Å². The fourth-order valence-electron chi connectivity index (χ4n) is 2.60. The molecule has 7 heteroatoms. The van der Waals surface area contributed by atoms with E-state index in [4.69, 9.17) is 27.6 Å². The molecule has 0 aliphatic carbocycles. The summed E-state index contributed by atoms with van der Waals surface area (Å²) in [5.74, 6) is 0.232. The average Bonchev–Trinajstić information content (AvgIpc) is 3.06. The minimum atomic E-state index is -0.341. The van der Waals surface area contributed by atoms with Gasteiger partial charge in [-0.1, -0.05) is 23.2 Å². The van der Waals surface area contributed by atoms with Crippen molar-refractivity contribution < 1.29 is 9.21 Å². The van der Waals surface area contributed by atoms with Crippen LogP contribution < -0.4 is 5.32 Å². The van der Waals surface area contributed by atoms with E-state index in [0.29, 0.717) is 38.1 Å². The summed E-state index contributed by atoms with van der Waals surface area (Å²) in [6.07, 6.45) is 0. The van der Waals surface area contributed by atoms with Gasteiger partial charge >= 0.3 is 0 Å². The summed E-state index contributed by atoms with van der Waals surface area (Å²) in [5, 5.41) is 4.41. The molecule has 24 heavy (non-hydrogen) atoms. The van der Waals surface area contributed by atoms with Gasteiger partial charge in [0.1, 0.15) is 11.2 Å². The van der Waals surface area contributed by atoms with E-state index in [1.165, 1.54) is 0 Å². The van der Waals surface area contributed by atoms with Gasteiger partial charge in [-0.25, -0.2) is 4.98 Å². The third-order valence-electron chi connectivity index (χ3n) is 3.68. The molecule has 0 spiro atoms. The molecule has 1 amide bonds. The number of benzene rings is 2. The minimum absolute atomic E-state index is 0.283. The molecule has 0 radical (unpaired) electrons. The molecule has 0 bridgehead atoms. The predicted molar refractivity (Wildman–Crippen MR) is 95.0 cm³/mol. The van der Waals surface area contributed by atoms with Gasteiger partial charge in [0.25, 0.3) is 5.91 Å². The van der Waals surface area contributed by atoms with Crippen LogP contribution in [0.3, 0.4) is 0 Å². The molecule has 2 N–H and O–H groups in total. The number of aryl methyl sites for hydroxylation is 1. The maximum atomic E-state index is 12.5. The van der Waals surface area contributed by atoms with E-state index in [9.17, 15) is 4.79 Å². The van der Waals surface area contributed by atoms with Crippen molar-refractivity contribution in [3.05, 3.63) is 58.0 Å². The Morgan fingerprint density at radius 2 is 2.04 bits per heavy atom. The molecule has 4 aromatic rings. The molecule has 0 unspecified atom stereocenters. The number of carbonyl (C=O) groups excluding carboxylic acids is 1. The molecule has 0 saturated carbocycles. The summed E-state index contributed by atoms with van der Waals surface area (Å²) in [6.45, 7) is 1.77. The molecule has 2 aromatic heterocycles. The number of carbonyl (C=O) groups is 1. The molecule has 2 aromatic carbocycles. The highest BCUT2D eigenvalue weighted by atomic mass is 35.5. The number of oxazole rings is 1. The second kappa shape index (κ2) is 5.54. The van der Waals surface area contributed by atoms with Crippen molar-refractivity contribution in [1.29, 1.82) is 0 Å². The van der Waals surface area contributed by atoms with Crippen molar-refractivity contribution >= 4 is 56.8 Å². The number of aromatic amines is 1. The zero-order valence-electron chi connectivity index (χ0n) is 12.5. The Kier molecular flexibility index (Phi) is 3.48. The number of hydrogen-bond donors (Lipinski definition) is 2. The number of H-pyrrole nitrogens is 1. The number of halogens is 2. The number of amides is 1. The molecule has 120 valence electrons. The summed E-state index contributed by atoms with van der Waals surface area (Å²) >= 11 is 12.3. The van der Waals surface area contributed by atoms with E-state index in [2.05, 4.69) is 15.3 Å². The van der Waals surface area contributed by atoms with Crippen LogP contribution in [0.4, 0.5) is 5.69 Å². The predicted octanol–water partition coefficient (Wildman–Crippen LogP) is 5.18. The van der Waals surface area contributed by atoms with Crippen LogP contribution in [0.5, 0.6) is 0 Å². The van der Waals surface area contributed by atoms with Gasteiger partial charge in [0.2, 0.25) is 0 Å². The highest BCUT2D eigenvalue weighted by Crippen LogP contribution is 2.30. The Bertz CT molecular complexity index is 1100. The van der Waals surface area contributed by atoms with Gasteiger partial charge in [-0.2, -0.15) is 0 Å². The van der Waals surface area contributed by atoms with E-state index < -0.39 is 0 Å². The fourth-order valence-corrected chi connectivity index (χ4v) is 3.06. The summed E-state index contributed by atoms with van der Waals surface area (Å²) in [5.41, 5.74) is 2.99. The lowest BCUT2D eigenvalue weighted by Gasteiger charge is -2.03. The van der Waals surface area contributed by atoms with Gasteiger partial charge in [-0.05, 0) is 36.4 Å². The van der Waals surface area contributed by atoms with E-state index in [1.54, 1.807) is 43.3 Å². The van der Waals surface area contributed by atoms with Crippen LogP contribution in [0.1, 0.15) is 16.4 Å². The lowest BCUT2D eigenvalue weighted by atomic mass is 10.2. The van der Waals surface area contributed by atoms with Crippen molar-refractivity contribution in [2.45, 2.75) is 6.92 Å². The highest BCUT2D eigenvalue weighted by Gasteiger charge is 2.17. The second-order valence-corrected chi connectivity index (χ2v) is 6.19. The molecule has 0 atom stereocenters. The number of hydrogen-bond acceptors (Lipinski definition) is 3. The van der Waals surface area contributed by atoms with Crippen LogP contribution in [-0.4, -0.2) is 15.9 Å². The third kappa shape index (κ3) is 2.52. The van der Waals surface area contributed by atoms with Crippen LogP contribution in [0.25, 0.3) is 22.0 Å². The van der Waals surface area contributed by atoms with Gasteiger partial charge in [0, 0.05) is 28.5 Å². The maximum absolute atomic E-state index is 12.5. The Morgan fingerprint density at radius 1 is 1.21 bits per heavy atom. The normalized spacial score (nSPS) is 11.3. The number of nitrogens with zero attached hydrogens (tertiary/aromatic N) is 1. The summed E-state index contributed by atoms with van der Waals surface area (Å²) < 4.78 is 5.42. The van der Waals surface area contributed by atoms with Crippen LogP contribution in [-0.2, 0) is 0 Å². The molecule has 2 heterocycles. The van der Waals surface area contributed by atoms with Crippen molar-refractivity contribution in [2.75, 3.05) is 5.32 Å². The van der Waals surface area contributed by atoms with E-state index >= 15 is 0 Å². The van der Waals surface area contributed by atoms with E-state index in [1.807, 2.05) is 0 Å². The lowest BCUT2D eigenvalue weighted by Crippen LogP contribution is -2.12. The largest absolute Gasteiger partial charge is 0.441 e. The van der Waals surface area contributed by atoms with Gasteiger partial charge in [-0.3, -0.25) is 4.79 Å². The zero-order valence-corrected chi connectivity index (χ0v) is 14.0. The number of nitrogens with one attached hydrogen (secondary N) is 2. The molecular formula is C17H11Cl2N3O2. The third-order valence-corrected chi connectivity index (χ3v) is 4.30. The number of fused-ring (bicyclic) bond motifs is 2. The van der Waals surface area contributed by atoms with Crippen molar-refractivity contribution in [1.82, 2.24) is 9.97 Å². The number of anilines is 1. The first-order valence-corrected chi connectivity index (χ1v) is 7.92. The topological polar surface area (TPSA) is 70.9 Å². The van der Waals surface area contributed by atoms with Gasteiger partial charge in [0.15, 0.2) is 11.5 Å². The SMILES string of the molecule is Cc1nc2cc(NC(=O)c3[nH]c4ccc(Cl)cc4c3Cl)ccc2o1. The first-order valence-electron chi connectivity index (χ1n) is 7.16. The average molecular weight is 360 g/mol. The Morgan fingerprint density at radius 3 is 2.88 bits per heavy atom. The Hall–Kier alpha value is -2.50. The van der Waals surface area contributed by atoms with Crippen LogP contribution >= 0.6 is 23.2 Å². The summed E-state index contributed by atoms with van der Waals surface area (Å²) in [4.78, 5) is 19.8. The van der Waals surface area contributed by atoms with Gasteiger partial charge in [-0.15, -0.1) is 0 Å². The molecule has 5 nitrogen and oxygen atoms in total. The second-order valence-electron chi connectivity index (χ2n) is 5.37. The fraction of sp³-hybridized carbons (Fsp3) is 0.0588. The van der Waals surface area contributed by atoms with Crippen molar-refractivity contribution in [3.8, 4) is 0 Å². The molecule has 4 rings (SSSR count).